The predicted molar refractivity (Wildman–Crippen MR) is 53.9 cm³/mol. The molecule has 0 aromatic rings. The van der Waals surface area contributed by atoms with Crippen molar-refractivity contribution < 1.29 is 4.79 Å². The molecule has 71 valence electrons. The first kappa shape index (κ1) is 11.6. The molecule has 0 rings (SSSR count). The Morgan fingerprint density at radius 2 is 1.69 bits per heavy atom. The molecule has 0 spiro atoms. The summed E-state index contributed by atoms with van der Waals surface area (Å²) < 4.78 is 0. The SMILES string of the molecule is C=CCC(=O)[N]N(CC=C)CC=C. The third kappa shape index (κ3) is 5.87. The lowest BCUT2D eigenvalue weighted by molar-refractivity contribution is -0.125. The van der Waals surface area contributed by atoms with Gasteiger partial charge in [-0.3, -0.25) is 4.79 Å². The largest absolute Gasteiger partial charge is 0.271 e. The predicted octanol–water partition coefficient (Wildman–Crippen LogP) is 1.28. The number of rotatable bonds is 7. The fourth-order valence-electron chi connectivity index (χ4n) is 0.776. The van der Waals surface area contributed by atoms with Gasteiger partial charge in [0.25, 0.3) is 5.91 Å². The summed E-state index contributed by atoms with van der Waals surface area (Å²) in [5.41, 5.74) is 3.83. The molecule has 1 radical (unpaired) electrons. The summed E-state index contributed by atoms with van der Waals surface area (Å²) in [5.74, 6) is -0.196. The van der Waals surface area contributed by atoms with Crippen LogP contribution in [0.5, 0.6) is 0 Å². The van der Waals surface area contributed by atoms with E-state index >= 15 is 0 Å². The second-order valence-corrected chi connectivity index (χ2v) is 2.44. The van der Waals surface area contributed by atoms with Crippen molar-refractivity contribution in [3.8, 4) is 0 Å². The highest BCUT2D eigenvalue weighted by atomic mass is 16.2. The monoisotopic (exact) mass is 179 g/mol. The van der Waals surface area contributed by atoms with Crippen LogP contribution in [0.1, 0.15) is 6.42 Å². The molecule has 0 aromatic heterocycles. The summed E-state index contributed by atoms with van der Waals surface area (Å²) in [6.07, 6.45) is 5.18. The minimum atomic E-state index is -0.196. The molecule has 3 nitrogen and oxygen atoms in total. The Kier molecular flexibility index (Phi) is 6.55. The highest BCUT2D eigenvalue weighted by molar-refractivity contribution is 5.76. The molecule has 0 aliphatic rings. The number of carbonyl (C=O) groups excluding carboxylic acids is 1. The van der Waals surface area contributed by atoms with Crippen molar-refractivity contribution in [1.82, 2.24) is 10.4 Å². The molecule has 1 amide bonds. The molecule has 0 fully saturated rings. The Hall–Kier alpha value is -1.35. The van der Waals surface area contributed by atoms with Gasteiger partial charge in [-0.2, -0.15) is 10.4 Å². The maximum atomic E-state index is 11.1. The molecular weight excluding hydrogens is 164 g/mol. The van der Waals surface area contributed by atoms with E-state index in [0.717, 1.165) is 0 Å². The fourth-order valence-corrected chi connectivity index (χ4v) is 0.776. The normalized spacial score (nSPS) is 9.31. The van der Waals surface area contributed by atoms with E-state index in [2.05, 4.69) is 25.2 Å². The Bertz CT molecular complexity index is 189. The lowest BCUT2D eigenvalue weighted by Crippen LogP contribution is -2.35. The molecule has 0 bridgehead atoms. The summed E-state index contributed by atoms with van der Waals surface area (Å²) in [4.78, 5) is 11.1. The van der Waals surface area contributed by atoms with Gasteiger partial charge in [0.1, 0.15) is 0 Å². The molecule has 0 saturated carbocycles. The van der Waals surface area contributed by atoms with E-state index in [4.69, 9.17) is 0 Å². The van der Waals surface area contributed by atoms with Crippen LogP contribution < -0.4 is 5.43 Å². The highest BCUT2D eigenvalue weighted by Gasteiger charge is 2.06. The zero-order chi connectivity index (χ0) is 10.1. The second kappa shape index (κ2) is 7.31. The van der Waals surface area contributed by atoms with Crippen LogP contribution in [0, 0.1) is 0 Å². The van der Waals surface area contributed by atoms with Gasteiger partial charge in [0, 0.05) is 19.5 Å². The first-order valence-corrected chi connectivity index (χ1v) is 4.06. The highest BCUT2D eigenvalue weighted by Crippen LogP contribution is 1.89. The van der Waals surface area contributed by atoms with Gasteiger partial charge in [0.2, 0.25) is 0 Å². The van der Waals surface area contributed by atoms with Crippen LogP contribution in [-0.4, -0.2) is 24.0 Å². The molecule has 3 heteroatoms. The van der Waals surface area contributed by atoms with E-state index in [-0.39, 0.29) is 12.3 Å². The lowest BCUT2D eigenvalue weighted by Gasteiger charge is -2.15. The summed E-state index contributed by atoms with van der Waals surface area (Å²) in [7, 11) is 0. The number of hydrogen-bond acceptors (Lipinski definition) is 2. The summed E-state index contributed by atoms with van der Waals surface area (Å²) in [6.45, 7) is 11.7. The van der Waals surface area contributed by atoms with Crippen LogP contribution in [0.25, 0.3) is 0 Å². The zero-order valence-electron chi connectivity index (χ0n) is 7.78. The molecule has 0 atom stereocenters. The van der Waals surface area contributed by atoms with Gasteiger partial charge in [0.05, 0.1) is 0 Å². The van der Waals surface area contributed by atoms with Crippen molar-refractivity contribution in [3.63, 3.8) is 0 Å². The first-order chi connectivity index (χ1) is 6.24. The van der Waals surface area contributed by atoms with E-state index in [1.165, 1.54) is 6.08 Å². The molecule has 0 aromatic carbocycles. The Labute approximate surface area is 79.4 Å². The summed E-state index contributed by atoms with van der Waals surface area (Å²) in [5, 5.41) is 1.60. The van der Waals surface area contributed by atoms with Crippen LogP contribution in [0.15, 0.2) is 38.0 Å². The van der Waals surface area contributed by atoms with E-state index in [1.807, 2.05) is 0 Å². The number of carbonyl (C=O) groups is 1. The van der Waals surface area contributed by atoms with Crippen molar-refractivity contribution >= 4 is 5.91 Å². The minimum Gasteiger partial charge on any atom is -0.271 e. The van der Waals surface area contributed by atoms with Crippen molar-refractivity contribution in [2.45, 2.75) is 6.42 Å². The third-order valence-corrected chi connectivity index (χ3v) is 1.25. The minimum absolute atomic E-state index is 0.196. The van der Waals surface area contributed by atoms with Crippen molar-refractivity contribution in [2.24, 2.45) is 0 Å². The Morgan fingerprint density at radius 3 is 2.08 bits per heavy atom. The molecule has 0 heterocycles. The van der Waals surface area contributed by atoms with Crippen molar-refractivity contribution in [1.29, 1.82) is 0 Å². The van der Waals surface area contributed by atoms with Crippen molar-refractivity contribution in [2.75, 3.05) is 13.1 Å². The van der Waals surface area contributed by atoms with Gasteiger partial charge in [0.15, 0.2) is 0 Å². The Morgan fingerprint density at radius 1 is 1.15 bits per heavy atom. The topological polar surface area (TPSA) is 34.4 Å². The quantitative estimate of drug-likeness (QED) is 0.436. The van der Waals surface area contributed by atoms with Crippen LogP contribution in [-0.2, 0) is 4.79 Å². The van der Waals surface area contributed by atoms with E-state index in [0.29, 0.717) is 13.1 Å². The maximum absolute atomic E-state index is 11.1. The van der Waals surface area contributed by atoms with Crippen LogP contribution >= 0.6 is 0 Å². The maximum Gasteiger partial charge on any atom is 0.261 e. The van der Waals surface area contributed by atoms with Crippen molar-refractivity contribution in [3.05, 3.63) is 38.0 Å². The van der Waals surface area contributed by atoms with Gasteiger partial charge < -0.3 is 0 Å². The molecule has 0 saturated heterocycles. The summed E-state index contributed by atoms with van der Waals surface area (Å²) >= 11 is 0. The molecular formula is C10H15N2O. The third-order valence-electron chi connectivity index (χ3n) is 1.25. The van der Waals surface area contributed by atoms with Crippen LogP contribution in [0.4, 0.5) is 0 Å². The van der Waals surface area contributed by atoms with E-state index in [1.54, 1.807) is 17.2 Å². The average molecular weight is 179 g/mol. The molecule has 0 N–H and O–H groups in total. The fraction of sp³-hybridized carbons (Fsp3) is 0.300. The van der Waals surface area contributed by atoms with Crippen LogP contribution in [0.2, 0.25) is 0 Å². The van der Waals surface area contributed by atoms with E-state index in [9.17, 15) is 4.79 Å². The number of hydrogen-bond donors (Lipinski definition) is 0. The molecule has 13 heavy (non-hydrogen) atoms. The second-order valence-electron chi connectivity index (χ2n) is 2.44. The van der Waals surface area contributed by atoms with Gasteiger partial charge >= 0.3 is 0 Å². The van der Waals surface area contributed by atoms with Gasteiger partial charge in [-0.05, 0) is 0 Å². The lowest BCUT2D eigenvalue weighted by atomic mass is 10.4. The van der Waals surface area contributed by atoms with E-state index < -0.39 is 0 Å². The van der Waals surface area contributed by atoms with Gasteiger partial charge in [-0.25, -0.2) is 0 Å². The number of amides is 1. The van der Waals surface area contributed by atoms with Gasteiger partial charge in [-0.1, -0.05) is 18.2 Å². The van der Waals surface area contributed by atoms with Gasteiger partial charge in [-0.15, -0.1) is 19.7 Å². The smallest absolute Gasteiger partial charge is 0.261 e. The molecule has 0 aliphatic heterocycles. The Balaban J connectivity index is 3.91. The standard InChI is InChI=1S/C10H15N2O/c1-4-7-10(13)11-12(8-5-2)9-6-3/h4-6H,1-3,7-9H2. The average Bonchev–Trinajstić information content (AvgIpc) is 2.05. The molecule has 0 aliphatic carbocycles. The zero-order valence-corrected chi connectivity index (χ0v) is 7.78. The molecule has 0 unspecified atom stereocenters. The van der Waals surface area contributed by atoms with Crippen LogP contribution in [0.3, 0.4) is 0 Å². The number of nitrogens with zero attached hydrogens (tertiary/aromatic N) is 2. The first-order valence-electron chi connectivity index (χ1n) is 4.06. The summed E-state index contributed by atoms with van der Waals surface area (Å²) in [6, 6.07) is 0.